The number of rotatable bonds is 4. The van der Waals surface area contributed by atoms with Gasteiger partial charge in [-0.1, -0.05) is 11.6 Å². The number of hydrogen-bond acceptors (Lipinski definition) is 5. The maximum Gasteiger partial charge on any atom is 0.257 e. The molecule has 7 heteroatoms. The van der Waals surface area contributed by atoms with Crippen LogP contribution >= 0.6 is 23.4 Å². The predicted molar refractivity (Wildman–Crippen MR) is 105 cm³/mol. The molecule has 1 saturated heterocycles. The topological polar surface area (TPSA) is 48.5 Å². The van der Waals surface area contributed by atoms with Gasteiger partial charge in [0.15, 0.2) is 0 Å². The molecule has 0 atom stereocenters. The molecule has 0 aliphatic carbocycles. The fraction of sp³-hybridized carbons (Fsp3) is 0.333. The summed E-state index contributed by atoms with van der Waals surface area (Å²) in [4.78, 5) is 22.5. The Kier molecular flexibility index (Phi) is 5.83. The lowest BCUT2D eigenvalue weighted by Crippen LogP contribution is -2.44. The highest BCUT2D eigenvalue weighted by Gasteiger charge is 2.16. The highest BCUT2D eigenvalue weighted by atomic mass is 35.5. The summed E-state index contributed by atoms with van der Waals surface area (Å²) >= 11 is 7.73. The van der Waals surface area contributed by atoms with Gasteiger partial charge in [0.1, 0.15) is 5.82 Å². The summed E-state index contributed by atoms with van der Waals surface area (Å²) in [6.07, 6.45) is 3.66. The van der Waals surface area contributed by atoms with Crippen LogP contribution in [-0.2, 0) is 0 Å². The Labute approximate surface area is 157 Å². The first-order chi connectivity index (χ1) is 12.1. The minimum atomic E-state index is -0.227. The zero-order chi connectivity index (χ0) is 17.8. The van der Waals surface area contributed by atoms with Gasteiger partial charge in [0.05, 0.1) is 22.5 Å². The second kappa shape index (κ2) is 8.08. The van der Waals surface area contributed by atoms with Crippen LogP contribution in [0.5, 0.6) is 0 Å². The minimum absolute atomic E-state index is 0.227. The zero-order valence-electron chi connectivity index (χ0n) is 14.3. The highest BCUT2D eigenvalue weighted by molar-refractivity contribution is 7.98. The van der Waals surface area contributed by atoms with Crippen LogP contribution in [0.25, 0.3) is 0 Å². The van der Waals surface area contributed by atoms with Gasteiger partial charge in [-0.25, -0.2) is 4.98 Å². The number of likely N-dealkylation sites (N-methyl/N-ethyl adjacent to an activating group) is 1. The number of carbonyl (C=O) groups is 1. The number of benzene rings is 1. The van der Waals surface area contributed by atoms with Crippen LogP contribution < -0.4 is 10.2 Å². The number of nitrogens with one attached hydrogen (secondary N) is 1. The molecule has 1 N–H and O–H groups in total. The van der Waals surface area contributed by atoms with E-state index in [0.29, 0.717) is 16.3 Å². The molecule has 1 amide bonds. The van der Waals surface area contributed by atoms with Gasteiger partial charge >= 0.3 is 0 Å². The van der Waals surface area contributed by atoms with Gasteiger partial charge in [-0.15, -0.1) is 11.8 Å². The second-order valence-corrected chi connectivity index (χ2v) is 7.28. The van der Waals surface area contributed by atoms with Crippen LogP contribution in [-0.4, -0.2) is 55.3 Å². The van der Waals surface area contributed by atoms with E-state index in [9.17, 15) is 4.79 Å². The molecule has 1 aromatic heterocycles. The molecule has 0 unspecified atom stereocenters. The van der Waals surface area contributed by atoms with Crippen molar-refractivity contribution in [1.29, 1.82) is 0 Å². The molecular formula is C18H21ClN4OS. The van der Waals surface area contributed by atoms with E-state index in [1.54, 1.807) is 30.1 Å². The molecule has 1 fully saturated rings. The fourth-order valence-corrected chi connectivity index (χ4v) is 3.33. The monoisotopic (exact) mass is 376 g/mol. The third-order valence-corrected chi connectivity index (χ3v) is 5.31. The van der Waals surface area contributed by atoms with Crippen molar-refractivity contribution in [3.05, 3.63) is 47.1 Å². The number of aromatic nitrogens is 1. The number of halogens is 1. The molecule has 132 valence electrons. The molecule has 0 radical (unpaired) electrons. The molecular weight excluding hydrogens is 356 g/mol. The lowest BCUT2D eigenvalue weighted by molar-refractivity contribution is 0.102. The number of thioether (sulfide) groups is 1. The third kappa shape index (κ3) is 4.45. The summed E-state index contributed by atoms with van der Waals surface area (Å²) in [6.45, 7) is 3.99. The van der Waals surface area contributed by atoms with Gasteiger partial charge in [0.2, 0.25) is 0 Å². The molecule has 25 heavy (non-hydrogen) atoms. The van der Waals surface area contributed by atoms with E-state index >= 15 is 0 Å². The molecule has 0 spiro atoms. The molecule has 0 bridgehead atoms. The van der Waals surface area contributed by atoms with Gasteiger partial charge in [-0.2, -0.15) is 0 Å². The Bertz CT molecular complexity index is 745. The Hall–Kier alpha value is -1.76. The molecule has 1 aliphatic rings. The van der Waals surface area contributed by atoms with Gasteiger partial charge < -0.3 is 15.1 Å². The van der Waals surface area contributed by atoms with E-state index < -0.39 is 0 Å². The fourth-order valence-electron chi connectivity index (χ4n) is 2.69. The first kappa shape index (κ1) is 18.0. The van der Waals surface area contributed by atoms with Crippen LogP contribution in [0.1, 0.15) is 10.4 Å². The molecule has 3 rings (SSSR count). The van der Waals surface area contributed by atoms with Crippen LogP contribution in [0.15, 0.2) is 41.4 Å². The van der Waals surface area contributed by atoms with Crippen molar-refractivity contribution in [3.8, 4) is 0 Å². The van der Waals surface area contributed by atoms with Crippen molar-refractivity contribution in [3.63, 3.8) is 0 Å². The van der Waals surface area contributed by atoms with Crippen molar-refractivity contribution in [2.45, 2.75) is 4.90 Å². The maximum absolute atomic E-state index is 12.5. The van der Waals surface area contributed by atoms with Crippen molar-refractivity contribution < 1.29 is 4.79 Å². The maximum atomic E-state index is 12.5. The predicted octanol–water partition coefficient (Wildman–Crippen LogP) is 3.46. The SMILES string of the molecule is CSc1ccc(Cl)c(C(=O)Nc2ccc(N3CCN(C)CC3)nc2)c1. The molecule has 1 aromatic carbocycles. The van der Waals surface area contributed by atoms with Gasteiger partial charge in [0, 0.05) is 31.1 Å². The van der Waals surface area contributed by atoms with E-state index in [2.05, 4.69) is 27.1 Å². The molecule has 2 aromatic rings. The molecule has 2 heterocycles. The van der Waals surface area contributed by atoms with Gasteiger partial charge in [-0.3, -0.25) is 4.79 Å². The average Bonchev–Trinajstić information content (AvgIpc) is 2.63. The van der Waals surface area contributed by atoms with E-state index in [1.165, 1.54) is 0 Å². The summed E-state index contributed by atoms with van der Waals surface area (Å²) in [7, 11) is 2.13. The second-order valence-electron chi connectivity index (χ2n) is 6.00. The Morgan fingerprint density at radius 1 is 1.20 bits per heavy atom. The van der Waals surface area contributed by atoms with E-state index in [-0.39, 0.29) is 5.91 Å². The first-order valence-electron chi connectivity index (χ1n) is 8.11. The lowest BCUT2D eigenvalue weighted by atomic mass is 10.2. The smallest absolute Gasteiger partial charge is 0.257 e. The largest absolute Gasteiger partial charge is 0.354 e. The Balaban J connectivity index is 1.68. The van der Waals surface area contributed by atoms with E-state index in [4.69, 9.17) is 11.6 Å². The third-order valence-electron chi connectivity index (χ3n) is 4.25. The van der Waals surface area contributed by atoms with Crippen molar-refractivity contribution in [2.75, 3.05) is 49.7 Å². The standard InChI is InChI=1S/C18H21ClN4OS/c1-22-7-9-23(10-8-22)17-6-3-13(12-20-17)21-18(24)15-11-14(25-2)4-5-16(15)19/h3-6,11-12H,7-10H2,1-2H3,(H,21,24). The number of anilines is 2. The minimum Gasteiger partial charge on any atom is -0.354 e. The van der Waals surface area contributed by atoms with Crippen molar-refractivity contribution in [2.24, 2.45) is 0 Å². The Morgan fingerprint density at radius 2 is 1.96 bits per heavy atom. The van der Waals surface area contributed by atoms with Gasteiger partial charge in [-0.05, 0) is 43.6 Å². The number of nitrogens with zero attached hydrogens (tertiary/aromatic N) is 3. The average molecular weight is 377 g/mol. The first-order valence-corrected chi connectivity index (χ1v) is 9.71. The van der Waals surface area contributed by atoms with Crippen LogP contribution in [0.2, 0.25) is 5.02 Å². The summed E-state index contributed by atoms with van der Waals surface area (Å²) in [5.41, 5.74) is 1.13. The summed E-state index contributed by atoms with van der Waals surface area (Å²) < 4.78 is 0. The van der Waals surface area contributed by atoms with Crippen LogP contribution in [0.3, 0.4) is 0 Å². The number of carbonyl (C=O) groups excluding carboxylic acids is 1. The van der Waals surface area contributed by atoms with Crippen molar-refractivity contribution in [1.82, 2.24) is 9.88 Å². The zero-order valence-corrected chi connectivity index (χ0v) is 15.9. The Morgan fingerprint density at radius 3 is 2.60 bits per heavy atom. The van der Waals surface area contributed by atoms with Crippen LogP contribution in [0.4, 0.5) is 11.5 Å². The van der Waals surface area contributed by atoms with E-state index in [1.807, 2.05) is 24.5 Å². The highest BCUT2D eigenvalue weighted by Crippen LogP contribution is 2.24. The van der Waals surface area contributed by atoms with Crippen molar-refractivity contribution >= 4 is 40.8 Å². The van der Waals surface area contributed by atoms with E-state index in [0.717, 1.165) is 36.9 Å². The normalized spacial score (nSPS) is 15.2. The number of piperazine rings is 1. The molecule has 0 saturated carbocycles. The molecule has 5 nitrogen and oxygen atoms in total. The number of hydrogen-bond donors (Lipinski definition) is 1. The lowest BCUT2D eigenvalue weighted by Gasteiger charge is -2.33. The van der Waals surface area contributed by atoms with Gasteiger partial charge in [0.25, 0.3) is 5.91 Å². The summed E-state index contributed by atoms with van der Waals surface area (Å²) in [5, 5.41) is 3.31. The number of amides is 1. The summed E-state index contributed by atoms with van der Waals surface area (Å²) in [6, 6.07) is 9.27. The summed E-state index contributed by atoms with van der Waals surface area (Å²) in [5.74, 6) is 0.712. The molecule has 1 aliphatic heterocycles. The van der Waals surface area contributed by atoms with Crippen LogP contribution in [0, 0.1) is 0 Å². The number of pyridine rings is 1. The quantitative estimate of drug-likeness (QED) is 0.828.